The Morgan fingerprint density at radius 3 is 2.33 bits per heavy atom. The highest BCUT2D eigenvalue weighted by Crippen LogP contribution is 2.23. The van der Waals surface area contributed by atoms with Crippen LogP contribution >= 0.6 is 0 Å². The van der Waals surface area contributed by atoms with Gasteiger partial charge in [-0.2, -0.15) is 13.2 Å². The van der Waals surface area contributed by atoms with Gasteiger partial charge in [-0.1, -0.05) is 0 Å². The fraction of sp³-hybridized carbons (Fsp3) is 0.500. The van der Waals surface area contributed by atoms with E-state index in [1.165, 1.54) is 0 Å². The molecule has 0 saturated heterocycles. The molecule has 0 aromatic rings. The molecular formula is C4H3F3NO. The van der Waals surface area contributed by atoms with Crippen LogP contribution in [0, 0.1) is 0 Å². The Labute approximate surface area is 49.3 Å². The molecule has 0 N–H and O–H groups in total. The summed E-state index contributed by atoms with van der Waals surface area (Å²) >= 11 is 0. The molecule has 1 heterocycles. The summed E-state index contributed by atoms with van der Waals surface area (Å²) < 4.78 is 34.6. The van der Waals surface area contributed by atoms with Gasteiger partial charge in [0.2, 0.25) is 0 Å². The van der Waals surface area contributed by atoms with Crippen LogP contribution in [0.5, 0.6) is 0 Å². The fourth-order valence-corrected chi connectivity index (χ4v) is 0.414. The Hall–Kier alpha value is -0.710. The minimum atomic E-state index is -4.30. The standard InChI is InChI=1S/C4H3F3NO/c5-4(6,7)3-1-2-9-8-3/h1-3H. The van der Waals surface area contributed by atoms with Crippen molar-refractivity contribution in [2.75, 3.05) is 0 Å². The van der Waals surface area contributed by atoms with Crippen LogP contribution in [0.25, 0.3) is 0 Å². The lowest BCUT2D eigenvalue weighted by atomic mass is 10.3. The highest BCUT2D eigenvalue weighted by Gasteiger charge is 2.41. The van der Waals surface area contributed by atoms with Gasteiger partial charge in [0.15, 0.2) is 6.04 Å². The smallest absolute Gasteiger partial charge is 0.395 e. The molecule has 0 fully saturated rings. The molecular weight excluding hydrogens is 135 g/mol. The summed E-state index contributed by atoms with van der Waals surface area (Å²) in [6.45, 7) is 0. The zero-order chi connectivity index (χ0) is 6.91. The van der Waals surface area contributed by atoms with E-state index in [1.54, 1.807) is 0 Å². The molecule has 0 aliphatic carbocycles. The van der Waals surface area contributed by atoms with Gasteiger partial charge < -0.3 is 4.84 Å². The quantitative estimate of drug-likeness (QED) is 0.489. The first-order valence-electron chi connectivity index (χ1n) is 2.20. The van der Waals surface area contributed by atoms with Crippen LogP contribution in [0.2, 0.25) is 0 Å². The Bertz CT molecular complexity index is 130. The van der Waals surface area contributed by atoms with Crippen LogP contribution in [-0.4, -0.2) is 12.2 Å². The van der Waals surface area contributed by atoms with Gasteiger partial charge in [-0.15, -0.1) is 0 Å². The van der Waals surface area contributed by atoms with Gasteiger partial charge in [0.25, 0.3) is 0 Å². The number of hydroxylamine groups is 1. The highest BCUT2D eigenvalue weighted by atomic mass is 19.4. The van der Waals surface area contributed by atoms with Crippen molar-refractivity contribution in [3.8, 4) is 0 Å². The largest absolute Gasteiger partial charge is 0.412 e. The summed E-state index contributed by atoms with van der Waals surface area (Å²) in [4.78, 5) is 4.01. The van der Waals surface area contributed by atoms with E-state index >= 15 is 0 Å². The average Bonchev–Trinajstić information content (AvgIpc) is 2.08. The van der Waals surface area contributed by atoms with Crippen molar-refractivity contribution < 1.29 is 18.0 Å². The SMILES string of the molecule is FC(F)(F)C1C=CO[N]1. The van der Waals surface area contributed by atoms with Crippen LogP contribution in [0.15, 0.2) is 12.3 Å². The molecule has 0 aromatic carbocycles. The Balaban J connectivity index is 2.53. The molecule has 1 rings (SSSR count). The first kappa shape index (κ1) is 6.41. The molecule has 0 saturated carbocycles. The Morgan fingerprint density at radius 2 is 2.11 bits per heavy atom. The second-order valence-corrected chi connectivity index (χ2v) is 1.53. The normalized spacial score (nSPS) is 26.3. The lowest BCUT2D eigenvalue weighted by molar-refractivity contribution is -0.159. The van der Waals surface area contributed by atoms with E-state index in [0.717, 1.165) is 12.3 Å². The molecule has 0 bridgehead atoms. The minimum Gasteiger partial charge on any atom is -0.395 e. The van der Waals surface area contributed by atoms with Crippen molar-refractivity contribution in [3.63, 3.8) is 0 Å². The van der Waals surface area contributed by atoms with Crippen molar-refractivity contribution in [1.29, 1.82) is 0 Å². The predicted molar refractivity (Wildman–Crippen MR) is 22.2 cm³/mol. The topological polar surface area (TPSA) is 23.3 Å². The molecule has 1 radical (unpaired) electrons. The second-order valence-electron chi connectivity index (χ2n) is 1.53. The Morgan fingerprint density at radius 1 is 1.44 bits per heavy atom. The van der Waals surface area contributed by atoms with Crippen molar-refractivity contribution in [2.24, 2.45) is 0 Å². The summed E-state index contributed by atoms with van der Waals surface area (Å²) in [5.41, 5.74) is 2.77. The van der Waals surface area contributed by atoms with Gasteiger partial charge >= 0.3 is 6.18 Å². The van der Waals surface area contributed by atoms with Crippen LogP contribution < -0.4 is 5.48 Å². The maximum Gasteiger partial charge on any atom is 0.412 e. The van der Waals surface area contributed by atoms with Crippen LogP contribution in [-0.2, 0) is 4.84 Å². The van der Waals surface area contributed by atoms with Crippen molar-refractivity contribution in [2.45, 2.75) is 12.2 Å². The van der Waals surface area contributed by atoms with Crippen molar-refractivity contribution in [3.05, 3.63) is 12.3 Å². The van der Waals surface area contributed by atoms with Crippen molar-refractivity contribution in [1.82, 2.24) is 5.48 Å². The van der Waals surface area contributed by atoms with Gasteiger partial charge in [0.1, 0.15) is 6.26 Å². The summed E-state index contributed by atoms with van der Waals surface area (Å²) in [5, 5.41) is 0. The van der Waals surface area contributed by atoms with E-state index in [1.807, 2.05) is 0 Å². The van der Waals surface area contributed by atoms with Gasteiger partial charge in [0, 0.05) is 0 Å². The molecule has 2 nitrogen and oxygen atoms in total. The van der Waals surface area contributed by atoms with E-state index in [9.17, 15) is 13.2 Å². The summed E-state index contributed by atoms with van der Waals surface area (Å²) in [6, 6.07) is -1.77. The molecule has 1 atom stereocenters. The highest BCUT2D eigenvalue weighted by molar-refractivity contribution is 4.95. The lowest BCUT2D eigenvalue weighted by Gasteiger charge is -2.08. The molecule has 1 aliphatic rings. The second kappa shape index (κ2) is 1.91. The molecule has 0 amide bonds. The predicted octanol–water partition coefficient (Wildman–Crippen LogP) is 0.981. The lowest BCUT2D eigenvalue weighted by Crippen LogP contribution is -2.31. The molecule has 1 aliphatic heterocycles. The first-order chi connectivity index (χ1) is 4.11. The maximum atomic E-state index is 11.5. The van der Waals surface area contributed by atoms with Gasteiger partial charge in [-0.3, -0.25) is 0 Å². The van der Waals surface area contributed by atoms with E-state index in [4.69, 9.17) is 0 Å². The third-order valence-corrected chi connectivity index (χ3v) is 0.832. The molecule has 51 valence electrons. The summed E-state index contributed by atoms with van der Waals surface area (Å²) in [5.74, 6) is 0. The van der Waals surface area contributed by atoms with Crippen LogP contribution in [0.1, 0.15) is 0 Å². The van der Waals surface area contributed by atoms with E-state index in [-0.39, 0.29) is 0 Å². The monoisotopic (exact) mass is 138 g/mol. The van der Waals surface area contributed by atoms with E-state index in [2.05, 4.69) is 10.3 Å². The molecule has 9 heavy (non-hydrogen) atoms. The number of nitrogens with zero attached hydrogens (tertiary/aromatic N) is 1. The van der Waals surface area contributed by atoms with Gasteiger partial charge in [-0.25, -0.2) is 0 Å². The minimum absolute atomic E-state index is 0.847. The third kappa shape index (κ3) is 1.35. The molecule has 0 spiro atoms. The first-order valence-corrected chi connectivity index (χ1v) is 2.20. The number of hydrogen-bond donors (Lipinski definition) is 0. The number of halogens is 3. The zero-order valence-electron chi connectivity index (χ0n) is 4.22. The molecule has 1 unspecified atom stereocenters. The van der Waals surface area contributed by atoms with Gasteiger partial charge in [0.05, 0.1) is 0 Å². The number of alkyl halides is 3. The van der Waals surface area contributed by atoms with Gasteiger partial charge in [-0.05, 0) is 11.6 Å². The number of rotatable bonds is 0. The van der Waals surface area contributed by atoms with Crippen LogP contribution in [0.3, 0.4) is 0 Å². The fourth-order valence-electron chi connectivity index (χ4n) is 0.414. The van der Waals surface area contributed by atoms with Crippen LogP contribution in [0.4, 0.5) is 13.2 Å². The van der Waals surface area contributed by atoms with E-state index < -0.39 is 12.2 Å². The Kier molecular flexibility index (Phi) is 1.36. The zero-order valence-corrected chi connectivity index (χ0v) is 4.22. The maximum absolute atomic E-state index is 11.5. The van der Waals surface area contributed by atoms with Crippen molar-refractivity contribution >= 4 is 0 Å². The summed E-state index contributed by atoms with van der Waals surface area (Å²) in [7, 11) is 0. The van der Waals surface area contributed by atoms with E-state index in [0.29, 0.717) is 0 Å². The average molecular weight is 138 g/mol. The molecule has 5 heteroatoms. The summed E-state index contributed by atoms with van der Waals surface area (Å²) in [6.07, 6.45) is -2.54. The molecule has 0 aromatic heterocycles. The number of hydrogen-bond acceptors (Lipinski definition) is 1. The third-order valence-electron chi connectivity index (χ3n) is 0.832.